The van der Waals surface area contributed by atoms with Crippen LogP contribution in [-0.4, -0.2) is 42.6 Å². The predicted molar refractivity (Wildman–Crippen MR) is 112 cm³/mol. The molecule has 1 heterocycles. The zero-order valence-corrected chi connectivity index (χ0v) is 17.6. The Kier molecular flexibility index (Phi) is 5.88. The first-order chi connectivity index (χ1) is 14.1. The van der Waals surface area contributed by atoms with Crippen molar-refractivity contribution in [1.29, 1.82) is 0 Å². The van der Waals surface area contributed by atoms with E-state index in [-0.39, 0.29) is 39.1 Å². The topological polar surface area (TPSA) is 131 Å². The maximum absolute atomic E-state index is 12.6. The molecule has 0 spiro atoms. The van der Waals surface area contributed by atoms with Crippen LogP contribution in [0.2, 0.25) is 0 Å². The quantitative estimate of drug-likeness (QED) is 0.673. The monoisotopic (exact) mass is 430 g/mol. The molecule has 0 unspecified atom stereocenters. The number of carbonyl (C=O) groups is 1. The summed E-state index contributed by atoms with van der Waals surface area (Å²) in [6.45, 7) is 3.83. The molecule has 1 aromatic heterocycles. The molecule has 2 aromatic rings. The average molecular weight is 430 g/mol. The number of anilines is 1. The summed E-state index contributed by atoms with van der Waals surface area (Å²) in [4.78, 5) is 24.2. The molecule has 30 heavy (non-hydrogen) atoms. The number of rotatable bonds is 6. The van der Waals surface area contributed by atoms with Crippen molar-refractivity contribution in [2.75, 3.05) is 11.8 Å². The van der Waals surface area contributed by atoms with Gasteiger partial charge in [-0.3, -0.25) is 14.5 Å². The molecule has 0 aliphatic heterocycles. The van der Waals surface area contributed by atoms with Crippen molar-refractivity contribution < 1.29 is 23.1 Å². The fourth-order valence-corrected chi connectivity index (χ4v) is 4.04. The van der Waals surface area contributed by atoms with Crippen LogP contribution < -0.4 is 9.46 Å². The van der Waals surface area contributed by atoms with Crippen LogP contribution in [0, 0.1) is 5.41 Å². The van der Waals surface area contributed by atoms with Gasteiger partial charge in [-0.25, -0.2) is 18.4 Å². The number of hydrogen-bond acceptors (Lipinski definition) is 8. The summed E-state index contributed by atoms with van der Waals surface area (Å²) < 4.78 is 32.5. The summed E-state index contributed by atoms with van der Waals surface area (Å²) >= 11 is 0. The first-order valence-corrected chi connectivity index (χ1v) is 10.6. The van der Waals surface area contributed by atoms with Crippen molar-refractivity contribution in [2.24, 2.45) is 10.4 Å². The van der Waals surface area contributed by atoms with Gasteiger partial charge in [-0.2, -0.15) is 0 Å². The molecular weight excluding hydrogens is 408 g/mol. The van der Waals surface area contributed by atoms with Gasteiger partial charge in [0, 0.05) is 31.4 Å². The highest BCUT2D eigenvalue weighted by molar-refractivity contribution is 7.92. The van der Waals surface area contributed by atoms with Crippen LogP contribution in [0.3, 0.4) is 0 Å². The van der Waals surface area contributed by atoms with Crippen LogP contribution in [-0.2, 0) is 14.8 Å². The lowest BCUT2D eigenvalue weighted by Crippen LogP contribution is -2.26. The number of hydrogen-bond donors (Lipinski definition) is 2. The largest absolute Gasteiger partial charge is 0.511 e. The second kappa shape index (κ2) is 8.23. The predicted octanol–water partition coefficient (Wildman–Crippen LogP) is 3.19. The summed E-state index contributed by atoms with van der Waals surface area (Å²) in [5, 5.41) is 10.1. The standard InChI is InChI=1S/C20H22N4O5S/c1-20(2)10-16(25)15(17(26)11-20)12-23-13-4-6-14(7-5-13)30(27,28)24-18-19(29-3)22-9-8-21-18/h4-9,12,25H,10-11H2,1-3H3,(H,21,24). The van der Waals surface area contributed by atoms with Crippen molar-refractivity contribution in [3.8, 4) is 5.88 Å². The van der Waals surface area contributed by atoms with Crippen LogP contribution in [0.1, 0.15) is 26.7 Å². The van der Waals surface area contributed by atoms with E-state index in [0.717, 1.165) is 0 Å². The fourth-order valence-electron chi connectivity index (χ4n) is 3.03. The molecule has 0 saturated heterocycles. The second-order valence-corrected chi connectivity index (χ2v) is 9.26. The summed E-state index contributed by atoms with van der Waals surface area (Å²) in [5.74, 6) is -0.130. The summed E-state index contributed by atoms with van der Waals surface area (Å²) in [5.41, 5.74) is 0.333. The van der Waals surface area contributed by atoms with Crippen LogP contribution in [0.15, 0.2) is 57.9 Å². The lowest BCUT2D eigenvalue weighted by molar-refractivity contribution is -0.117. The molecule has 1 aliphatic carbocycles. The highest BCUT2D eigenvalue weighted by atomic mass is 32.2. The third kappa shape index (κ3) is 4.82. The van der Waals surface area contributed by atoms with E-state index in [9.17, 15) is 18.3 Å². The number of allylic oxidation sites excluding steroid dienone is 2. The number of aromatic nitrogens is 2. The number of sulfonamides is 1. The molecule has 3 rings (SSSR count). The van der Waals surface area contributed by atoms with Gasteiger partial charge in [-0.1, -0.05) is 13.8 Å². The Morgan fingerprint density at radius 2 is 1.83 bits per heavy atom. The minimum absolute atomic E-state index is 0.00767. The zero-order chi connectivity index (χ0) is 21.9. The SMILES string of the molecule is COc1nccnc1NS(=O)(=O)c1ccc(N=CC2=C(O)CC(C)(C)CC2=O)cc1. The molecule has 9 nitrogen and oxygen atoms in total. The molecule has 0 fully saturated rings. The summed E-state index contributed by atoms with van der Waals surface area (Å²) in [6.07, 6.45) is 4.77. The molecule has 0 atom stereocenters. The van der Waals surface area contributed by atoms with Crippen LogP contribution in [0.5, 0.6) is 5.88 Å². The Hall–Kier alpha value is -3.27. The first kappa shape index (κ1) is 21.4. The number of nitrogens with one attached hydrogen (secondary N) is 1. The maximum atomic E-state index is 12.6. The fraction of sp³-hybridized carbons (Fsp3) is 0.300. The molecule has 0 bridgehead atoms. The van der Waals surface area contributed by atoms with Gasteiger partial charge in [-0.15, -0.1) is 0 Å². The Morgan fingerprint density at radius 3 is 2.47 bits per heavy atom. The maximum Gasteiger partial charge on any atom is 0.263 e. The number of aliphatic hydroxyl groups is 1. The van der Waals surface area contributed by atoms with E-state index in [1.54, 1.807) is 0 Å². The molecule has 0 amide bonds. The number of methoxy groups -OCH3 is 1. The van der Waals surface area contributed by atoms with E-state index < -0.39 is 10.0 Å². The molecule has 1 aliphatic rings. The molecule has 0 radical (unpaired) electrons. The van der Waals surface area contributed by atoms with E-state index in [1.165, 1.54) is 50.0 Å². The highest BCUT2D eigenvalue weighted by Gasteiger charge is 2.32. The van der Waals surface area contributed by atoms with E-state index in [0.29, 0.717) is 18.5 Å². The van der Waals surface area contributed by atoms with Crippen molar-refractivity contribution in [3.05, 3.63) is 48.0 Å². The molecule has 2 N–H and O–H groups in total. The molecule has 10 heteroatoms. The number of aliphatic hydroxyl groups excluding tert-OH is 1. The number of benzene rings is 1. The van der Waals surface area contributed by atoms with Gasteiger partial charge in [-0.05, 0) is 29.7 Å². The van der Waals surface area contributed by atoms with Crippen molar-refractivity contribution in [1.82, 2.24) is 9.97 Å². The van der Waals surface area contributed by atoms with Gasteiger partial charge in [0.05, 0.1) is 23.3 Å². The molecule has 1 aromatic carbocycles. The third-order valence-electron chi connectivity index (χ3n) is 4.48. The summed E-state index contributed by atoms with van der Waals surface area (Å²) in [7, 11) is -2.56. The third-order valence-corrected chi connectivity index (χ3v) is 5.83. The number of aliphatic imine (C=N–C) groups is 1. The normalized spacial score (nSPS) is 16.7. The number of carbonyl (C=O) groups excluding carboxylic acids is 1. The number of ketones is 1. The van der Waals surface area contributed by atoms with Gasteiger partial charge in [0.25, 0.3) is 15.9 Å². The lowest BCUT2D eigenvalue weighted by atomic mass is 9.77. The van der Waals surface area contributed by atoms with E-state index in [4.69, 9.17) is 4.74 Å². The zero-order valence-electron chi connectivity index (χ0n) is 16.8. The number of nitrogens with zero attached hydrogens (tertiary/aromatic N) is 3. The van der Waals surface area contributed by atoms with Crippen LogP contribution in [0.4, 0.5) is 11.5 Å². The van der Waals surface area contributed by atoms with Gasteiger partial charge in [0.1, 0.15) is 5.76 Å². The van der Waals surface area contributed by atoms with E-state index in [2.05, 4.69) is 19.7 Å². The van der Waals surface area contributed by atoms with Crippen molar-refractivity contribution in [2.45, 2.75) is 31.6 Å². The van der Waals surface area contributed by atoms with Gasteiger partial charge in [0.15, 0.2) is 5.78 Å². The lowest BCUT2D eigenvalue weighted by Gasteiger charge is -2.28. The molecule has 0 saturated carbocycles. The van der Waals surface area contributed by atoms with E-state index in [1.807, 2.05) is 13.8 Å². The van der Waals surface area contributed by atoms with Crippen molar-refractivity contribution >= 4 is 33.5 Å². The summed E-state index contributed by atoms with van der Waals surface area (Å²) in [6, 6.07) is 5.73. The number of ether oxygens (including phenoxy) is 1. The molecular formula is C20H22N4O5S. The Bertz CT molecular complexity index is 1120. The minimum atomic E-state index is -3.92. The Labute approximate surface area is 174 Å². The van der Waals surface area contributed by atoms with Gasteiger partial charge in [0.2, 0.25) is 5.82 Å². The van der Waals surface area contributed by atoms with Crippen LogP contribution >= 0.6 is 0 Å². The molecule has 158 valence electrons. The minimum Gasteiger partial charge on any atom is -0.511 e. The Morgan fingerprint density at radius 1 is 1.17 bits per heavy atom. The second-order valence-electron chi connectivity index (χ2n) is 7.57. The highest BCUT2D eigenvalue weighted by Crippen LogP contribution is 2.35. The smallest absolute Gasteiger partial charge is 0.263 e. The first-order valence-electron chi connectivity index (χ1n) is 9.08. The average Bonchev–Trinajstić information content (AvgIpc) is 2.67. The Balaban J connectivity index is 1.78. The van der Waals surface area contributed by atoms with Crippen molar-refractivity contribution in [3.63, 3.8) is 0 Å². The number of Topliss-reactive ketones (excluding diaryl/α,β-unsaturated/α-hetero) is 1. The van der Waals surface area contributed by atoms with Gasteiger partial charge < -0.3 is 9.84 Å². The van der Waals surface area contributed by atoms with E-state index >= 15 is 0 Å². The van der Waals surface area contributed by atoms with Crippen LogP contribution in [0.25, 0.3) is 0 Å². The van der Waals surface area contributed by atoms with Gasteiger partial charge >= 0.3 is 0 Å².